The van der Waals surface area contributed by atoms with E-state index >= 15 is 0 Å². The number of likely N-dealkylation sites (N-methyl/N-ethyl adjacent to an activating group) is 1. The monoisotopic (exact) mass is 579 g/mol. The molecule has 0 saturated carbocycles. The summed E-state index contributed by atoms with van der Waals surface area (Å²) in [7, 11) is 6.73. The molecule has 3 heterocycles. The van der Waals surface area contributed by atoms with Crippen LogP contribution >= 0.6 is 0 Å². The SMILES string of the molecule is COc1cc2c(cc1Nc1ncc(F)c(Nc3ccc(N4CCOCC4)cc3OC)n1)CCN(CC(=O)N(C)C)CC2. The van der Waals surface area contributed by atoms with Crippen LogP contribution in [0.25, 0.3) is 0 Å². The molecule has 2 aliphatic rings. The molecular formula is C30H38FN7O4. The Hall–Kier alpha value is -4.16. The lowest BCUT2D eigenvalue weighted by atomic mass is 10.0. The molecular weight excluding hydrogens is 541 g/mol. The summed E-state index contributed by atoms with van der Waals surface area (Å²) in [6.07, 6.45) is 2.72. The molecule has 0 unspecified atom stereocenters. The smallest absolute Gasteiger partial charge is 0.236 e. The second kappa shape index (κ2) is 13.2. The number of hydrogen-bond acceptors (Lipinski definition) is 10. The first-order chi connectivity index (χ1) is 20.3. The predicted molar refractivity (Wildman–Crippen MR) is 160 cm³/mol. The number of amides is 1. The molecule has 0 bridgehead atoms. The van der Waals surface area contributed by atoms with E-state index in [1.54, 1.807) is 33.2 Å². The first-order valence-electron chi connectivity index (χ1n) is 14.0. The second-order valence-electron chi connectivity index (χ2n) is 10.5. The summed E-state index contributed by atoms with van der Waals surface area (Å²) in [6.45, 7) is 4.90. The lowest BCUT2D eigenvalue weighted by Crippen LogP contribution is -2.37. The number of hydrogen-bond donors (Lipinski definition) is 2. The summed E-state index contributed by atoms with van der Waals surface area (Å²) in [4.78, 5) is 26.8. The van der Waals surface area contributed by atoms with Gasteiger partial charge in [-0.15, -0.1) is 0 Å². The molecule has 11 nitrogen and oxygen atoms in total. The van der Waals surface area contributed by atoms with Crippen LogP contribution in [0.1, 0.15) is 11.1 Å². The molecule has 0 aliphatic carbocycles. The van der Waals surface area contributed by atoms with E-state index in [2.05, 4.69) is 30.4 Å². The van der Waals surface area contributed by atoms with Gasteiger partial charge < -0.3 is 34.6 Å². The van der Waals surface area contributed by atoms with Crippen LogP contribution < -0.4 is 25.0 Å². The maximum absolute atomic E-state index is 14.9. The van der Waals surface area contributed by atoms with Crippen LogP contribution in [0, 0.1) is 5.82 Å². The van der Waals surface area contributed by atoms with E-state index in [-0.39, 0.29) is 17.7 Å². The van der Waals surface area contributed by atoms with Crippen molar-refractivity contribution in [1.29, 1.82) is 0 Å². The number of carbonyl (C=O) groups excluding carboxylic acids is 1. The van der Waals surface area contributed by atoms with Crippen molar-refractivity contribution in [2.45, 2.75) is 12.8 Å². The number of carbonyl (C=O) groups is 1. The first kappa shape index (κ1) is 29.3. The van der Waals surface area contributed by atoms with Crippen molar-refractivity contribution in [2.24, 2.45) is 0 Å². The topological polar surface area (TPSA) is 104 Å². The number of anilines is 5. The third kappa shape index (κ3) is 6.82. The van der Waals surface area contributed by atoms with Gasteiger partial charge in [-0.25, -0.2) is 9.37 Å². The molecule has 1 aromatic heterocycles. The molecule has 0 radical (unpaired) electrons. The molecule has 0 atom stereocenters. The van der Waals surface area contributed by atoms with E-state index in [4.69, 9.17) is 14.2 Å². The number of aromatic nitrogens is 2. The molecule has 0 spiro atoms. The predicted octanol–water partition coefficient (Wildman–Crippen LogP) is 3.45. The van der Waals surface area contributed by atoms with Crippen molar-refractivity contribution in [1.82, 2.24) is 19.8 Å². The van der Waals surface area contributed by atoms with E-state index in [1.807, 2.05) is 30.3 Å². The fraction of sp³-hybridized carbons (Fsp3) is 0.433. The minimum atomic E-state index is -0.596. The van der Waals surface area contributed by atoms with Gasteiger partial charge in [0, 0.05) is 52.0 Å². The van der Waals surface area contributed by atoms with Gasteiger partial charge >= 0.3 is 0 Å². The van der Waals surface area contributed by atoms with Gasteiger partial charge in [-0.3, -0.25) is 9.69 Å². The number of fused-ring (bicyclic) bond motifs is 1. The Morgan fingerprint density at radius 3 is 2.36 bits per heavy atom. The average Bonchev–Trinajstić information content (AvgIpc) is 3.20. The molecule has 2 aliphatic heterocycles. The summed E-state index contributed by atoms with van der Waals surface area (Å²) in [5, 5.41) is 6.27. The molecule has 12 heteroatoms. The normalized spacial score (nSPS) is 15.4. The quantitative estimate of drug-likeness (QED) is 0.392. The van der Waals surface area contributed by atoms with E-state index in [1.165, 1.54) is 5.56 Å². The van der Waals surface area contributed by atoms with Gasteiger partial charge in [-0.1, -0.05) is 0 Å². The molecule has 1 amide bonds. The standard InChI is InChI=1S/C30H38FN7O4/c1-36(2)28(39)19-37-9-7-20-15-25(26(40-3)16-21(20)8-10-37)34-30-32-18-23(31)29(35-30)33-24-6-5-22(17-27(24)41-4)38-11-13-42-14-12-38/h5-6,15-18H,7-14,19H2,1-4H3,(H2,32,33,34,35). The van der Waals surface area contributed by atoms with Crippen molar-refractivity contribution in [2.75, 3.05) is 89.8 Å². The third-order valence-electron chi connectivity index (χ3n) is 7.58. The van der Waals surface area contributed by atoms with Crippen molar-refractivity contribution in [3.63, 3.8) is 0 Å². The number of halogens is 1. The second-order valence-corrected chi connectivity index (χ2v) is 10.5. The Kier molecular flexibility index (Phi) is 9.23. The molecule has 1 saturated heterocycles. The molecule has 3 aromatic rings. The molecule has 1 fully saturated rings. The maximum Gasteiger partial charge on any atom is 0.236 e. The Morgan fingerprint density at radius 2 is 1.67 bits per heavy atom. The van der Waals surface area contributed by atoms with Crippen molar-refractivity contribution < 1.29 is 23.4 Å². The van der Waals surface area contributed by atoms with Gasteiger partial charge in [0.15, 0.2) is 11.6 Å². The zero-order chi connectivity index (χ0) is 29.6. The maximum atomic E-state index is 14.9. The Morgan fingerprint density at radius 1 is 0.976 bits per heavy atom. The van der Waals surface area contributed by atoms with Crippen LogP contribution in [0.15, 0.2) is 36.5 Å². The number of morpholine rings is 1. The highest BCUT2D eigenvalue weighted by molar-refractivity contribution is 5.77. The van der Waals surface area contributed by atoms with Crippen molar-refractivity contribution in [3.05, 3.63) is 53.5 Å². The highest BCUT2D eigenvalue weighted by atomic mass is 19.1. The third-order valence-corrected chi connectivity index (χ3v) is 7.58. The molecule has 42 heavy (non-hydrogen) atoms. The van der Waals surface area contributed by atoms with Gasteiger partial charge in [0.1, 0.15) is 11.5 Å². The summed E-state index contributed by atoms with van der Waals surface area (Å²) in [6, 6.07) is 9.77. The minimum Gasteiger partial charge on any atom is -0.495 e. The van der Waals surface area contributed by atoms with E-state index in [0.717, 1.165) is 56.5 Å². The number of nitrogens with zero attached hydrogens (tertiary/aromatic N) is 5. The van der Waals surface area contributed by atoms with E-state index < -0.39 is 5.82 Å². The Bertz CT molecular complexity index is 1410. The van der Waals surface area contributed by atoms with Gasteiger partial charge in [-0.05, 0) is 48.2 Å². The Labute approximate surface area is 245 Å². The number of ether oxygens (including phenoxy) is 3. The fourth-order valence-electron chi connectivity index (χ4n) is 5.12. The van der Waals surface area contributed by atoms with Crippen LogP contribution in [-0.2, 0) is 22.4 Å². The zero-order valence-corrected chi connectivity index (χ0v) is 24.6. The van der Waals surface area contributed by atoms with Crippen LogP contribution in [0.4, 0.5) is 33.2 Å². The lowest BCUT2D eigenvalue weighted by Gasteiger charge is -2.29. The van der Waals surface area contributed by atoms with Crippen molar-refractivity contribution >= 4 is 34.7 Å². The number of nitrogens with one attached hydrogen (secondary N) is 2. The summed E-state index contributed by atoms with van der Waals surface area (Å²) in [5.41, 5.74) is 4.60. The average molecular weight is 580 g/mol. The van der Waals surface area contributed by atoms with Crippen molar-refractivity contribution in [3.8, 4) is 11.5 Å². The summed E-state index contributed by atoms with van der Waals surface area (Å²) >= 11 is 0. The molecule has 224 valence electrons. The summed E-state index contributed by atoms with van der Waals surface area (Å²) < 4.78 is 31.6. The van der Waals surface area contributed by atoms with E-state index in [0.29, 0.717) is 42.6 Å². The number of benzene rings is 2. The highest BCUT2D eigenvalue weighted by Crippen LogP contribution is 2.35. The van der Waals surface area contributed by atoms with E-state index in [9.17, 15) is 9.18 Å². The van der Waals surface area contributed by atoms with Gasteiger partial charge in [-0.2, -0.15) is 4.98 Å². The summed E-state index contributed by atoms with van der Waals surface area (Å²) in [5.74, 6) is 0.924. The van der Waals surface area contributed by atoms with Crippen LogP contribution in [0.5, 0.6) is 11.5 Å². The van der Waals surface area contributed by atoms with Gasteiger partial charge in [0.05, 0.1) is 51.5 Å². The molecule has 2 N–H and O–H groups in total. The zero-order valence-electron chi connectivity index (χ0n) is 24.6. The Balaban J connectivity index is 1.33. The van der Waals surface area contributed by atoms with Gasteiger partial charge in [0.25, 0.3) is 0 Å². The van der Waals surface area contributed by atoms with Gasteiger partial charge in [0.2, 0.25) is 11.9 Å². The van der Waals surface area contributed by atoms with Crippen LogP contribution in [0.3, 0.4) is 0 Å². The number of rotatable bonds is 9. The highest BCUT2D eigenvalue weighted by Gasteiger charge is 2.20. The number of methoxy groups -OCH3 is 2. The minimum absolute atomic E-state index is 0.0138. The fourth-order valence-corrected chi connectivity index (χ4v) is 5.12. The molecule has 2 aromatic carbocycles. The lowest BCUT2D eigenvalue weighted by molar-refractivity contribution is -0.129. The molecule has 5 rings (SSSR count). The van der Waals surface area contributed by atoms with Crippen LogP contribution in [0.2, 0.25) is 0 Å². The van der Waals surface area contributed by atoms with Crippen LogP contribution in [-0.4, -0.2) is 99.9 Å². The largest absolute Gasteiger partial charge is 0.495 e. The first-order valence-corrected chi connectivity index (χ1v) is 14.0.